The molecule has 1 aromatic rings. The summed E-state index contributed by atoms with van der Waals surface area (Å²) < 4.78 is 37.0. The van der Waals surface area contributed by atoms with Crippen LogP contribution in [0.1, 0.15) is 18.5 Å². The van der Waals surface area contributed by atoms with Crippen LogP contribution in [0, 0.1) is 0 Å². The van der Waals surface area contributed by atoms with Gasteiger partial charge in [0.25, 0.3) is 0 Å². The fourth-order valence-corrected chi connectivity index (χ4v) is 2.59. The minimum absolute atomic E-state index is 0.235. The molecule has 0 aliphatic carbocycles. The fraction of sp³-hybridized carbons (Fsp3) is 0.700. The van der Waals surface area contributed by atoms with Crippen molar-refractivity contribution in [3.05, 3.63) is 11.1 Å². The van der Waals surface area contributed by atoms with Crippen molar-refractivity contribution in [1.82, 2.24) is 9.88 Å². The largest absolute Gasteiger partial charge is 0.434 e. The number of anilines is 1. The number of nitrogens with zero attached hydrogens (tertiary/aromatic N) is 2. The van der Waals surface area contributed by atoms with Crippen molar-refractivity contribution in [3.63, 3.8) is 0 Å². The molecular weight excluding hydrogens is 251 g/mol. The highest BCUT2D eigenvalue weighted by molar-refractivity contribution is 7.13. The van der Waals surface area contributed by atoms with Crippen LogP contribution < -0.4 is 5.32 Å². The Kier molecular flexibility index (Phi) is 3.58. The third-order valence-corrected chi connectivity index (χ3v) is 3.61. The minimum atomic E-state index is -4.34. The van der Waals surface area contributed by atoms with Gasteiger partial charge in [-0.1, -0.05) is 0 Å². The topological polar surface area (TPSA) is 28.2 Å². The molecule has 0 spiro atoms. The summed E-state index contributed by atoms with van der Waals surface area (Å²) in [5.41, 5.74) is -0.807. The molecule has 2 heterocycles. The van der Waals surface area contributed by atoms with Gasteiger partial charge in [0.2, 0.25) is 0 Å². The van der Waals surface area contributed by atoms with Gasteiger partial charge in [-0.3, -0.25) is 0 Å². The van der Waals surface area contributed by atoms with Gasteiger partial charge in [-0.15, -0.1) is 11.3 Å². The number of hydrogen-bond acceptors (Lipinski definition) is 4. The molecule has 1 N–H and O–H groups in total. The molecule has 0 amide bonds. The minimum Gasteiger partial charge on any atom is -0.359 e. The molecule has 17 heavy (non-hydrogen) atoms. The number of rotatable bonds is 2. The van der Waals surface area contributed by atoms with Gasteiger partial charge in [-0.2, -0.15) is 13.2 Å². The first-order valence-corrected chi connectivity index (χ1v) is 6.31. The highest BCUT2D eigenvalue weighted by atomic mass is 32.1. The van der Waals surface area contributed by atoms with Crippen molar-refractivity contribution < 1.29 is 13.2 Å². The molecule has 1 aliphatic heterocycles. The predicted molar refractivity (Wildman–Crippen MR) is 61.3 cm³/mol. The maximum atomic E-state index is 12.3. The summed E-state index contributed by atoms with van der Waals surface area (Å²) in [6.45, 7) is 1.93. The van der Waals surface area contributed by atoms with Gasteiger partial charge >= 0.3 is 6.18 Å². The van der Waals surface area contributed by atoms with Gasteiger partial charge in [-0.25, -0.2) is 4.98 Å². The average molecular weight is 265 g/mol. The Bertz CT molecular complexity index is 369. The molecule has 0 aromatic carbocycles. The Morgan fingerprint density at radius 2 is 2.06 bits per heavy atom. The second-order valence-electron chi connectivity index (χ2n) is 4.26. The molecule has 0 atom stereocenters. The maximum Gasteiger partial charge on any atom is 0.434 e. The van der Waals surface area contributed by atoms with Crippen LogP contribution in [0.2, 0.25) is 0 Å². The first kappa shape index (κ1) is 12.6. The van der Waals surface area contributed by atoms with Crippen molar-refractivity contribution in [1.29, 1.82) is 0 Å². The number of likely N-dealkylation sites (tertiary alicyclic amines) is 1. The highest BCUT2D eigenvalue weighted by Gasteiger charge is 2.34. The molecule has 1 saturated heterocycles. The number of nitrogens with one attached hydrogen (secondary N) is 1. The Morgan fingerprint density at radius 3 is 2.59 bits per heavy atom. The van der Waals surface area contributed by atoms with Crippen LogP contribution in [0.3, 0.4) is 0 Å². The number of piperidine rings is 1. The maximum absolute atomic E-state index is 12.3. The molecular formula is C10H14F3N3S. The Hall–Kier alpha value is -0.820. The summed E-state index contributed by atoms with van der Waals surface area (Å²) >= 11 is 1.02. The standard InChI is InChI=1S/C10H14F3N3S/c1-16-4-2-7(3-5-16)14-9-15-8(6-17-9)10(11,12)13/h6-7H,2-5H2,1H3,(H,14,15). The molecule has 96 valence electrons. The van der Waals surface area contributed by atoms with E-state index in [9.17, 15) is 13.2 Å². The second-order valence-corrected chi connectivity index (χ2v) is 5.12. The quantitative estimate of drug-likeness (QED) is 0.891. The Morgan fingerprint density at radius 1 is 1.41 bits per heavy atom. The third-order valence-electron chi connectivity index (χ3n) is 2.84. The van der Waals surface area contributed by atoms with E-state index in [1.54, 1.807) is 0 Å². The smallest absolute Gasteiger partial charge is 0.359 e. The zero-order valence-corrected chi connectivity index (χ0v) is 10.2. The first-order chi connectivity index (χ1) is 7.95. The molecule has 1 aliphatic rings. The van der Waals surface area contributed by atoms with Crippen molar-refractivity contribution in [3.8, 4) is 0 Å². The van der Waals surface area contributed by atoms with Crippen LogP contribution >= 0.6 is 11.3 Å². The monoisotopic (exact) mass is 265 g/mol. The van der Waals surface area contributed by atoms with Crippen molar-refractivity contribution in [2.45, 2.75) is 25.1 Å². The Labute approximate surface area is 102 Å². The SMILES string of the molecule is CN1CCC(Nc2nc(C(F)(F)F)cs2)CC1. The van der Waals surface area contributed by atoms with Gasteiger partial charge in [0.15, 0.2) is 10.8 Å². The molecule has 1 aromatic heterocycles. The van der Waals surface area contributed by atoms with Gasteiger partial charge in [0.1, 0.15) is 0 Å². The lowest BCUT2D eigenvalue weighted by Crippen LogP contribution is -2.36. The fourth-order valence-electron chi connectivity index (χ4n) is 1.80. The zero-order valence-electron chi connectivity index (χ0n) is 9.42. The number of aromatic nitrogens is 1. The highest BCUT2D eigenvalue weighted by Crippen LogP contribution is 2.32. The molecule has 0 bridgehead atoms. The van der Waals surface area contributed by atoms with Crippen LogP contribution in [0.25, 0.3) is 0 Å². The summed E-state index contributed by atoms with van der Waals surface area (Å²) in [6, 6.07) is 0.235. The van der Waals surface area contributed by atoms with E-state index in [0.717, 1.165) is 42.6 Å². The zero-order chi connectivity index (χ0) is 12.5. The lowest BCUT2D eigenvalue weighted by Gasteiger charge is -2.29. The van der Waals surface area contributed by atoms with E-state index < -0.39 is 11.9 Å². The summed E-state index contributed by atoms with van der Waals surface area (Å²) in [4.78, 5) is 5.77. The van der Waals surface area contributed by atoms with Crippen LogP contribution in [0.4, 0.5) is 18.3 Å². The van der Waals surface area contributed by atoms with Crippen LogP contribution in [0.15, 0.2) is 5.38 Å². The molecule has 1 fully saturated rings. The predicted octanol–water partition coefficient (Wildman–Crippen LogP) is 2.67. The third kappa shape index (κ3) is 3.32. The van der Waals surface area contributed by atoms with E-state index in [-0.39, 0.29) is 6.04 Å². The van der Waals surface area contributed by atoms with Crippen molar-refractivity contribution in [2.24, 2.45) is 0 Å². The summed E-state index contributed by atoms with van der Waals surface area (Å²) in [6.07, 6.45) is -2.46. The number of alkyl halides is 3. The molecule has 7 heteroatoms. The lowest BCUT2D eigenvalue weighted by atomic mass is 10.1. The van der Waals surface area contributed by atoms with E-state index in [1.165, 1.54) is 0 Å². The molecule has 2 rings (SSSR count). The van der Waals surface area contributed by atoms with Crippen LogP contribution in [0.5, 0.6) is 0 Å². The summed E-state index contributed by atoms with van der Waals surface area (Å²) in [7, 11) is 2.04. The van der Waals surface area contributed by atoms with Crippen molar-refractivity contribution in [2.75, 3.05) is 25.5 Å². The average Bonchev–Trinajstić information content (AvgIpc) is 2.69. The summed E-state index contributed by atoms with van der Waals surface area (Å²) in [5, 5.41) is 4.49. The van der Waals surface area contributed by atoms with Gasteiger partial charge in [0, 0.05) is 11.4 Å². The number of hydrogen-bond donors (Lipinski definition) is 1. The van der Waals surface area contributed by atoms with Gasteiger partial charge < -0.3 is 10.2 Å². The number of thiazole rings is 1. The van der Waals surface area contributed by atoms with Gasteiger partial charge in [-0.05, 0) is 33.0 Å². The van der Waals surface area contributed by atoms with E-state index in [0.29, 0.717) is 5.13 Å². The van der Waals surface area contributed by atoms with Crippen LogP contribution in [-0.4, -0.2) is 36.1 Å². The van der Waals surface area contributed by atoms with E-state index in [4.69, 9.17) is 0 Å². The summed E-state index contributed by atoms with van der Waals surface area (Å²) in [5.74, 6) is 0. The molecule has 0 radical (unpaired) electrons. The van der Waals surface area contributed by atoms with Gasteiger partial charge in [0.05, 0.1) is 0 Å². The van der Waals surface area contributed by atoms with E-state index in [1.807, 2.05) is 7.05 Å². The van der Waals surface area contributed by atoms with E-state index >= 15 is 0 Å². The second kappa shape index (κ2) is 4.81. The molecule has 0 unspecified atom stereocenters. The normalized spacial score (nSPS) is 19.5. The van der Waals surface area contributed by atoms with E-state index in [2.05, 4.69) is 15.2 Å². The lowest BCUT2D eigenvalue weighted by molar-refractivity contribution is -0.140. The molecule has 3 nitrogen and oxygen atoms in total. The van der Waals surface area contributed by atoms with Crippen molar-refractivity contribution >= 4 is 16.5 Å². The number of halogens is 3. The Balaban J connectivity index is 1.93. The first-order valence-electron chi connectivity index (χ1n) is 5.43. The van der Waals surface area contributed by atoms with Crippen LogP contribution in [-0.2, 0) is 6.18 Å². The molecule has 0 saturated carbocycles.